The van der Waals surface area contributed by atoms with Crippen LogP contribution in [0.5, 0.6) is 0 Å². The van der Waals surface area contributed by atoms with Gasteiger partial charge in [0.15, 0.2) is 11.7 Å². The lowest BCUT2D eigenvalue weighted by Crippen LogP contribution is -2.62. The predicted octanol–water partition coefficient (Wildman–Crippen LogP) is 2.29. The van der Waals surface area contributed by atoms with E-state index in [9.17, 15) is 27.9 Å². The molecule has 2 aromatic carbocycles. The topological polar surface area (TPSA) is 191 Å². The Morgan fingerprint density at radius 1 is 1.25 bits per heavy atom. The maximum absolute atomic E-state index is 13.6. The number of nitrogens with zero attached hydrogens (tertiary/aromatic N) is 3. The zero-order chi connectivity index (χ0) is 32.2. The first-order chi connectivity index (χ1) is 20.8. The number of H-pyrrole nitrogens is 1. The van der Waals surface area contributed by atoms with Crippen LogP contribution in [0.15, 0.2) is 47.6 Å². The number of aliphatic carboxylic acids is 1. The molecule has 6 N–H and O–H groups in total. The van der Waals surface area contributed by atoms with Gasteiger partial charge in [0.25, 0.3) is 0 Å². The van der Waals surface area contributed by atoms with Crippen LogP contribution in [0.3, 0.4) is 0 Å². The fourth-order valence-electron chi connectivity index (χ4n) is 5.74. The molecule has 1 amide bonds. The van der Waals surface area contributed by atoms with Crippen LogP contribution >= 0.6 is 0 Å². The quantitative estimate of drug-likeness (QED) is 0.166. The van der Waals surface area contributed by atoms with Crippen molar-refractivity contribution in [2.24, 2.45) is 5.73 Å². The molecule has 1 aromatic heterocycles. The highest BCUT2D eigenvalue weighted by Gasteiger charge is 2.44. The van der Waals surface area contributed by atoms with E-state index < -0.39 is 34.2 Å². The van der Waals surface area contributed by atoms with E-state index in [2.05, 4.69) is 20.0 Å². The van der Waals surface area contributed by atoms with Crippen molar-refractivity contribution in [1.82, 2.24) is 19.6 Å². The number of carboxylic acids is 1. The van der Waals surface area contributed by atoms with Crippen LogP contribution in [0.25, 0.3) is 0 Å². The highest BCUT2D eigenvalue weighted by Crippen LogP contribution is 2.34. The van der Waals surface area contributed by atoms with Crippen molar-refractivity contribution in [3.63, 3.8) is 0 Å². The number of nitrogens with two attached hydrogens (primary N) is 1. The predicted molar refractivity (Wildman–Crippen MR) is 166 cm³/mol. The molecule has 3 aromatic rings. The number of aromatic amines is 1. The number of ketones is 1. The monoisotopic (exact) mass is 625 g/mol. The third-order valence-corrected chi connectivity index (χ3v) is 9.58. The highest BCUT2D eigenvalue weighted by atomic mass is 32.2. The molecule has 1 aliphatic heterocycles. The molecular formula is C30H39N7O6S. The van der Waals surface area contributed by atoms with Gasteiger partial charge in [0.2, 0.25) is 16.4 Å². The fraction of sp³-hybridized carbons (Fsp3) is 0.400. The van der Waals surface area contributed by atoms with Crippen molar-refractivity contribution in [3.8, 4) is 0 Å². The van der Waals surface area contributed by atoms with Gasteiger partial charge < -0.3 is 30.9 Å². The van der Waals surface area contributed by atoms with E-state index in [1.807, 2.05) is 24.0 Å². The van der Waals surface area contributed by atoms with E-state index in [-0.39, 0.29) is 17.1 Å². The number of benzene rings is 2. The summed E-state index contributed by atoms with van der Waals surface area (Å²) in [6, 6.07) is 8.82. The van der Waals surface area contributed by atoms with Gasteiger partial charge in [0.1, 0.15) is 11.7 Å². The zero-order valence-corrected chi connectivity index (χ0v) is 26.1. The molecule has 0 bridgehead atoms. The number of anilines is 2. The van der Waals surface area contributed by atoms with Gasteiger partial charge in [0.05, 0.1) is 17.9 Å². The number of aromatic nitrogens is 2. The number of nitrogens with one attached hydrogen (secondary N) is 3. The summed E-state index contributed by atoms with van der Waals surface area (Å²) in [5, 5.41) is 13.4. The largest absolute Gasteiger partial charge is 0.480 e. The highest BCUT2D eigenvalue weighted by molar-refractivity contribution is 7.89. The first kappa shape index (κ1) is 32.6. The third kappa shape index (κ3) is 6.93. The van der Waals surface area contributed by atoms with Crippen molar-refractivity contribution in [2.45, 2.75) is 63.7 Å². The number of carboxylic acid groups (broad SMARTS) is 1. The normalized spacial score (nSPS) is 16.2. The molecule has 0 aliphatic carbocycles. The van der Waals surface area contributed by atoms with Gasteiger partial charge in [-0.2, -0.15) is 4.72 Å². The minimum absolute atomic E-state index is 0.0183. The Hall–Kier alpha value is -4.27. The molecule has 13 nitrogen and oxygen atoms in total. The summed E-state index contributed by atoms with van der Waals surface area (Å²) in [4.78, 5) is 48.7. The van der Waals surface area contributed by atoms with Crippen molar-refractivity contribution >= 4 is 39.8 Å². The van der Waals surface area contributed by atoms with Gasteiger partial charge in [-0.05, 0) is 69.5 Å². The zero-order valence-electron chi connectivity index (χ0n) is 25.3. The summed E-state index contributed by atoms with van der Waals surface area (Å²) >= 11 is 0. The van der Waals surface area contributed by atoms with Crippen LogP contribution in [0.4, 0.5) is 11.6 Å². The number of Topliss-reactive ketones (excluding diaryl/α,β-unsaturated/α-hetero) is 1. The molecular weight excluding hydrogens is 586 g/mol. The Bertz CT molecular complexity index is 1620. The summed E-state index contributed by atoms with van der Waals surface area (Å²) in [6.07, 6.45) is 3.31. The first-order valence-corrected chi connectivity index (χ1v) is 15.7. The Morgan fingerprint density at radius 3 is 2.55 bits per heavy atom. The van der Waals surface area contributed by atoms with Crippen LogP contribution in [0, 0.1) is 20.8 Å². The summed E-state index contributed by atoms with van der Waals surface area (Å²) in [7, 11) is -4.33. The number of hydrogen-bond acceptors (Lipinski definition) is 9. The molecule has 14 heteroatoms. The molecule has 2 heterocycles. The summed E-state index contributed by atoms with van der Waals surface area (Å²) in [6.45, 7) is 6.91. The summed E-state index contributed by atoms with van der Waals surface area (Å²) < 4.78 is 29.5. The van der Waals surface area contributed by atoms with Gasteiger partial charge in [-0.15, -0.1) is 0 Å². The van der Waals surface area contributed by atoms with Crippen LogP contribution in [0.2, 0.25) is 0 Å². The van der Waals surface area contributed by atoms with Crippen LogP contribution in [-0.2, 0) is 26.2 Å². The minimum Gasteiger partial charge on any atom is -0.480 e. The molecule has 0 saturated carbocycles. The molecule has 0 saturated heterocycles. The third-order valence-electron chi connectivity index (χ3n) is 7.68. The van der Waals surface area contributed by atoms with Crippen LogP contribution in [-0.4, -0.2) is 77.9 Å². The maximum atomic E-state index is 13.6. The van der Waals surface area contributed by atoms with Crippen LogP contribution in [0.1, 0.15) is 52.4 Å². The lowest BCUT2D eigenvalue weighted by molar-refractivity contribution is -0.144. The average Bonchev–Trinajstić information content (AvgIpc) is 3.47. The SMILES string of the molecule is Cc1cc(C)c(S(=O)(=O)NC(C)(CN(C=O)C2CC(=O)c3ccc(CNc4ncc[nH]4)cc3N2CCCN)C(=O)O)c(C)c1. The van der Waals surface area contributed by atoms with Crippen molar-refractivity contribution in [2.75, 3.05) is 29.9 Å². The number of carbonyl (C=O) groups is 3. The number of amides is 1. The molecule has 236 valence electrons. The van der Waals surface area contributed by atoms with Gasteiger partial charge in [-0.25, -0.2) is 13.4 Å². The van der Waals surface area contributed by atoms with Gasteiger partial charge in [-0.3, -0.25) is 14.4 Å². The van der Waals surface area contributed by atoms with E-state index >= 15 is 0 Å². The Labute approximate surface area is 256 Å². The van der Waals surface area contributed by atoms with E-state index in [0.29, 0.717) is 60.8 Å². The van der Waals surface area contributed by atoms with Crippen LogP contribution < -0.4 is 20.7 Å². The average molecular weight is 626 g/mol. The Morgan fingerprint density at radius 2 is 1.95 bits per heavy atom. The molecule has 44 heavy (non-hydrogen) atoms. The molecule has 2 atom stereocenters. The van der Waals surface area contributed by atoms with E-state index in [0.717, 1.165) is 11.1 Å². The maximum Gasteiger partial charge on any atom is 0.326 e. The lowest BCUT2D eigenvalue weighted by Gasteiger charge is -2.44. The summed E-state index contributed by atoms with van der Waals surface area (Å²) in [5.74, 6) is -1.12. The summed E-state index contributed by atoms with van der Waals surface area (Å²) in [5.41, 5.74) is 7.40. The first-order valence-electron chi connectivity index (χ1n) is 14.2. The second kappa shape index (κ2) is 13.2. The van der Waals surface area contributed by atoms with E-state index in [1.54, 1.807) is 44.4 Å². The van der Waals surface area contributed by atoms with E-state index in [4.69, 9.17) is 5.73 Å². The van der Waals surface area contributed by atoms with Crippen molar-refractivity contribution in [3.05, 3.63) is 70.5 Å². The van der Waals surface area contributed by atoms with Gasteiger partial charge >= 0.3 is 5.97 Å². The fourth-order valence-corrected chi connectivity index (χ4v) is 7.55. The molecule has 2 unspecified atom stereocenters. The molecule has 0 radical (unpaired) electrons. The number of imidazole rings is 1. The molecule has 4 rings (SSSR count). The Kier molecular flexibility index (Phi) is 9.76. The number of carbonyl (C=O) groups excluding carboxylic acids is 2. The molecule has 1 aliphatic rings. The Balaban J connectivity index is 1.67. The standard InChI is InChI=1S/C30H39N7O6S/c1-19-12-20(2)27(21(3)13-19)44(42,43)35-30(4,28(40)41)17-36(18-38)26-15-25(39)23-7-6-22(16-34-29-32-9-10-33-29)14-24(23)37(26)11-5-8-31/h6-7,9-10,12-14,18,26,35H,5,8,11,15-17,31H2,1-4H3,(H,40,41)(H2,32,33,34). The lowest BCUT2D eigenvalue weighted by atomic mass is 9.94. The smallest absolute Gasteiger partial charge is 0.326 e. The molecule has 0 fully saturated rings. The number of aryl methyl sites for hydroxylation is 3. The molecule has 0 spiro atoms. The second-order valence-electron chi connectivity index (χ2n) is 11.3. The second-order valence-corrected chi connectivity index (χ2v) is 13.0. The van der Waals surface area contributed by atoms with Gasteiger partial charge in [-0.1, -0.05) is 23.8 Å². The number of fused-ring (bicyclic) bond motifs is 1. The number of sulfonamides is 1. The van der Waals surface area contributed by atoms with Crippen molar-refractivity contribution in [1.29, 1.82) is 0 Å². The number of rotatable bonds is 14. The minimum atomic E-state index is -4.33. The van der Waals surface area contributed by atoms with E-state index in [1.165, 1.54) is 11.8 Å². The van der Waals surface area contributed by atoms with Crippen molar-refractivity contribution < 1.29 is 27.9 Å². The number of hydrogen-bond donors (Lipinski definition) is 5. The van der Waals surface area contributed by atoms with Gasteiger partial charge in [0, 0.05) is 36.7 Å².